The van der Waals surface area contributed by atoms with Crippen LogP contribution in [0.3, 0.4) is 0 Å². The SMILES string of the molecule is CCCCCCC/C=C\C/C=C\C/C=C\CCCCCCCCCCCCCCCCCCCCCCC(=O)NC(COC1OC(CO)C(O)C(O)C1O)C(O)/C=C/CCCCCCCCCCCCCCCCCCCCC. The van der Waals surface area contributed by atoms with Gasteiger partial charge in [-0.1, -0.05) is 319 Å². The van der Waals surface area contributed by atoms with Crippen LogP contribution in [0.2, 0.25) is 0 Å². The average molecular weight is 1110 g/mol. The molecule has 1 heterocycles. The molecule has 0 aromatic rings. The number of aliphatic hydroxyl groups is 5. The Morgan fingerprint density at radius 1 is 0.430 bits per heavy atom. The van der Waals surface area contributed by atoms with E-state index >= 15 is 0 Å². The van der Waals surface area contributed by atoms with E-state index in [9.17, 15) is 30.3 Å². The minimum absolute atomic E-state index is 0.171. The summed E-state index contributed by atoms with van der Waals surface area (Å²) in [6.45, 7) is 3.81. The number of aliphatic hydroxyl groups excluding tert-OH is 5. The Bertz CT molecular complexity index is 1380. The van der Waals surface area contributed by atoms with E-state index in [2.05, 4.69) is 55.6 Å². The number of hydrogen-bond donors (Lipinski definition) is 6. The molecule has 0 spiro atoms. The zero-order valence-corrected chi connectivity index (χ0v) is 51.9. The number of carbonyl (C=O) groups is 1. The second kappa shape index (κ2) is 59.3. The van der Waals surface area contributed by atoms with Gasteiger partial charge in [0.25, 0.3) is 0 Å². The molecule has 7 atom stereocenters. The van der Waals surface area contributed by atoms with Crippen LogP contribution in [0.5, 0.6) is 0 Å². The highest BCUT2D eigenvalue weighted by molar-refractivity contribution is 5.76. The molecule has 7 unspecified atom stereocenters. The standard InChI is InChI=1S/C70H131NO8/c1-3-5-7-9-11-13-15-17-19-21-23-25-26-27-28-29-30-31-32-33-34-35-36-37-38-40-42-44-46-48-50-52-54-56-58-60-66(74)71-63(62-78-70-69(77)68(76)67(75)65(61-72)79-70)64(73)59-57-55-53-51-49-47-45-43-41-39-24-22-20-18-16-14-12-10-8-6-4-2/h15,17,21,23,26-27,57,59,63-65,67-70,72-73,75-77H,3-14,16,18-20,22,24-25,28-56,58,60-62H2,1-2H3,(H,71,74)/b17-15-,23-21-,27-26-,59-57+. The summed E-state index contributed by atoms with van der Waals surface area (Å²) < 4.78 is 11.3. The molecular weight excluding hydrogens is 983 g/mol. The maximum atomic E-state index is 13.1. The van der Waals surface area contributed by atoms with Crippen LogP contribution in [0.4, 0.5) is 0 Å². The Balaban J connectivity index is 2.11. The molecule has 0 aromatic carbocycles. The van der Waals surface area contributed by atoms with Gasteiger partial charge in [-0.25, -0.2) is 0 Å². The van der Waals surface area contributed by atoms with Gasteiger partial charge in [0.1, 0.15) is 24.4 Å². The lowest BCUT2D eigenvalue weighted by Gasteiger charge is -2.40. The molecule has 1 aliphatic rings. The van der Waals surface area contributed by atoms with Crippen molar-refractivity contribution < 1.29 is 39.8 Å². The molecule has 464 valence electrons. The molecule has 1 fully saturated rings. The van der Waals surface area contributed by atoms with E-state index in [0.29, 0.717) is 6.42 Å². The molecule has 0 bridgehead atoms. The Morgan fingerprint density at radius 3 is 1.10 bits per heavy atom. The van der Waals surface area contributed by atoms with Gasteiger partial charge in [-0.15, -0.1) is 0 Å². The molecule has 0 radical (unpaired) electrons. The van der Waals surface area contributed by atoms with Crippen LogP contribution in [0.1, 0.15) is 335 Å². The molecule has 0 aromatic heterocycles. The minimum atomic E-state index is -1.57. The fourth-order valence-corrected chi connectivity index (χ4v) is 11.0. The van der Waals surface area contributed by atoms with Gasteiger partial charge >= 0.3 is 0 Å². The molecule has 1 amide bonds. The fraction of sp³-hybridized carbons (Fsp3) is 0.871. The third-order valence-electron chi connectivity index (χ3n) is 16.4. The van der Waals surface area contributed by atoms with Crippen molar-refractivity contribution in [3.63, 3.8) is 0 Å². The molecular formula is C70H131NO8. The van der Waals surface area contributed by atoms with E-state index in [4.69, 9.17) is 9.47 Å². The van der Waals surface area contributed by atoms with Crippen molar-refractivity contribution in [2.45, 2.75) is 378 Å². The number of nitrogens with one attached hydrogen (secondary N) is 1. The second-order valence-corrected chi connectivity index (χ2v) is 24.0. The van der Waals surface area contributed by atoms with Crippen molar-refractivity contribution in [1.82, 2.24) is 5.32 Å². The number of amides is 1. The summed E-state index contributed by atoms with van der Waals surface area (Å²) in [4.78, 5) is 13.1. The van der Waals surface area contributed by atoms with Gasteiger partial charge in [0, 0.05) is 6.42 Å². The first kappa shape index (κ1) is 75.2. The maximum absolute atomic E-state index is 13.1. The van der Waals surface area contributed by atoms with Crippen LogP contribution in [-0.4, -0.2) is 87.5 Å². The molecule has 0 aliphatic carbocycles. The number of rotatable bonds is 60. The summed E-state index contributed by atoms with van der Waals surface area (Å²) in [7, 11) is 0. The zero-order chi connectivity index (χ0) is 57.2. The largest absolute Gasteiger partial charge is 0.394 e. The molecule has 0 saturated carbocycles. The van der Waals surface area contributed by atoms with Crippen molar-refractivity contribution in [2.75, 3.05) is 13.2 Å². The van der Waals surface area contributed by atoms with Gasteiger partial charge < -0.3 is 40.3 Å². The van der Waals surface area contributed by atoms with E-state index in [1.807, 2.05) is 6.08 Å². The van der Waals surface area contributed by atoms with Gasteiger partial charge in [0.2, 0.25) is 5.91 Å². The molecule has 79 heavy (non-hydrogen) atoms. The molecule has 1 saturated heterocycles. The van der Waals surface area contributed by atoms with E-state index in [1.165, 1.54) is 263 Å². The van der Waals surface area contributed by atoms with E-state index in [0.717, 1.165) is 51.4 Å². The van der Waals surface area contributed by atoms with E-state index < -0.39 is 49.5 Å². The van der Waals surface area contributed by atoms with Gasteiger partial charge in [0.05, 0.1) is 25.4 Å². The van der Waals surface area contributed by atoms with Crippen LogP contribution in [0.25, 0.3) is 0 Å². The van der Waals surface area contributed by atoms with E-state index in [1.54, 1.807) is 6.08 Å². The minimum Gasteiger partial charge on any atom is -0.394 e. The van der Waals surface area contributed by atoms with Crippen molar-refractivity contribution in [2.24, 2.45) is 0 Å². The van der Waals surface area contributed by atoms with Crippen LogP contribution in [0, 0.1) is 0 Å². The third-order valence-corrected chi connectivity index (χ3v) is 16.4. The van der Waals surface area contributed by atoms with Crippen molar-refractivity contribution >= 4 is 5.91 Å². The summed E-state index contributed by atoms with van der Waals surface area (Å²) in [6.07, 6.45) is 73.5. The lowest BCUT2D eigenvalue weighted by molar-refractivity contribution is -0.302. The second-order valence-electron chi connectivity index (χ2n) is 24.0. The number of allylic oxidation sites excluding steroid dienone is 7. The maximum Gasteiger partial charge on any atom is 0.220 e. The Kier molecular flexibility index (Phi) is 56.4. The first-order valence-corrected chi connectivity index (χ1v) is 34.4. The number of ether oxygens (including phenoxy) is 2. The van der Waals surface area contributed by atoms with Gasteiger partial charge in [-0.2, -0.15) is 0 Å². The summed E-state index contributed by atoms with van der Waals surface area (Å²) in [5, 5.41) is 54.7. The number of carbonyl (C=O) groups excluding carboxylic acids is 1. The predicted molar refractivity (Wildman–Crippen MR) is 336 cm³/mol. The summed E-state index contributed by atoms with van der Waals surface area (Å²) in [5.41, 5.74) is 0. The number of hydrogen-bond acceptors (Lipinski definition) is 8. The molecule has 9 nitrogen and oxygen atoms in total. The third kappa shape index (κ3) is 48.3. The lowest BCUT2D eigenvalue weighted by Crippen LogP contribution is -2.60. The number of unbranched alkanes of at least 4 members (excludes halogenated alkanes) is 44. The summed E-state index contributed by atoms with van der Waals surface area (Å²) in [5.74, 6) is -0.171. The topological polar surface area (TPSA) is 149 Å². The Labute approximate surface area is 488 Å². The predicted octanol–water partition coefficient (Wildman–Crippen LogP) is 18.4. The Hall–Kier alpha value is -1.85. The first-order chi connectivity index (χ1) is 38.8. The van der Waals surface area contributed by atoms with Gasteiger partial charge in [-0.3, -0.25) is 4.79 Å². The van der Waals surface area contributed by atoms with Crippen LogP contribution < -0.4 is 5.32 Å². The normalized spacial score (nSPS) is 18.8. The first-order valence-electron chi connectivity index (χ1n) is 34.4. The average Bonchev–Trinajstić information content (AvgIpc) is 3.47. The van der Waals surface area contributed by atoms with Crippen LogP contribution in [0.15, 0.2) is 48.6 Å². The van der Waals surface area contributed by atoms with Gasteiger partial charge in [-0.05, 0) is 57.8 Å². The lowest BCUT2D eigenvalue weighted by atomic mass is 9.99. The fourth-order valence-electron chi connectivity index (χ4n) is 11.0. The smallest absolute Gasteiger partial charge is 0.220 e. The van der Waals surface area contributed by atoms with Crippen LogP contribution in [-0.2, 0) is 14.3 Å². The highest BCUT2D eigenvalue weighted by Gasteiger charge is 2.44. The summed E-state index contributed by atoms with van der Waals surface area (Å²) >= 11 is 0. The quantitative estimate of drug-likeness (QED) is 0.0261. The van der Waals surface area contributed by atoms with Gasteiger partial charge in [0.15, 0.2) is 6.29 Å². The van der Waals surface area contributed by atoms with Crippen molar-refractivity contribution in [3.05, 3.63) is 48.6 Å². The van der Waals surface area contributed by atoms with E-state index in [-0.39, 0.29) is 12.5 Å². The molecule has 9 heteroatoms. The Morgan fingerprint density at radius 2 is 0.747 bits per heavy atom. The molecule has 6 N–H and O–H groups in total. The molecule has 1 rings (SSSR count). The monoisotopic (exact) mass is 1110 g/mol. The highest BCUT2D eigenvalue weighted by atomic mass is 16.7. The van der Waals surface area contributed by atoms with Crippen molar-refractivity contribution in [1.29, 1.82) is 0 Å². The highest BCUT2D eigenvalue weighted by Crippen LogP contribution is 2.23. The molecule has 1 aliphatic heterocycles. The van der Waals surface area contributed by atoms with Crippen LogP contribution >= 0.6 is 0 Å². The zero-order valence-electron chi connectivity index (χ0n) is 51.9. The summed E-state index contributed by atoms with van der Waals surface area (Å²) in [6, 6.07) is -0.805. The van der Waals surface area contributed by atoms with Crippen molar-refractivity contribution in [3.8, 4) is 0 Å².